The summed E-state index contributed by atoms with van der Waals surface area (Å²) >= 11 is 5.38. The number of thiocarbonyl (C=S) groups is 1. The number of carbonyl (C=O) groups excluding carboxylic acids is 1. The molecule has 0 spiro atoms. The molecule has 0 amide bonds. The molecule has 0 aromatic heterocycles. The van der Waals surface area contributed by atoms with Crippen LogP contribution in [0, 0.1) is 0 Å². The maximum Gasteiger partial charge on any atom is 0.338 e. The van der Waals surface area contributed by atoms with E-state index in [0.717, 1.165) is 11.1 Å². The summed E-state index contributed by atoms with van der Waals surface area (Å²) in [6, 6.07) is 14.5. The minimum Gasteiger partial charge on any atom is -0.493 e. The zero-order valence-corrected chi connectivity index (χ0v) is 16.1. The minimum absolute atomic E-state index is 0.418. The molecule has 1 aliphatic rings. The van der Waals surface area contributed by atoms with E-state index in [2.05, 4.69) is 10.6 Å². The molecule has 0 fully saturated rings. The van der Waals surface area contributed by atoms with Crippen LogP contribution in [0.1, 0.15) is 17.2 Å². The molecule has 0 unspecified atom stereocenters. The van der Waals surface area contributed by atoms with Crippen LogP contribution in [0.2, 0.25) is 0 Å². The summed E-state index contributed by atoms with van der Waals surface area (Å²) in [5, 5.41) is 6.66. The van der Waals surface area contributed by atoms with Gasteiger partial charge in [-0.25, -0.2) is 4.79 Å². The van der Waals surface area contributed by atoms with Crippen LogP contribution in [0.25, 0.3) is 5.70 Å². The molecule has 2 aromatic carbocycles. The first-order valence-corrected chi connectivity index (χ1v) is 8.67. The van der Waals surface area contributed by atoms with Gasteiger partial charge in [-0.3, -0.25) is 0 Å². The Hall–Kier alpha value is -3.06. The van der Waals surface area contributed by atoms with Crippen LogP contribution in [0.3, 0.4) is 0 Å². The van der Waals surface area contributed by atoms with Crippen molar-refractivity contribution in [3.8, 4) is 11.5 Å². The summed E-state index contributed by atoms with van der Waals surface area (Å²) in [4.78, 5) is 12.7. The Morgan fingerprint density at radius 1 is 1.00 bits per heavy atom. The van der Waals surface area contributed by atoms with Gasteiger partial charge in [0.15, 0.2) is 16.6 Å². The molecule has 0 aliphatic carbocycles. The van der Waals surface area contributed by atoms with Gasteiger partial charge in [0.1, 0.15) is 0 Å². The van der Waals surface area contributed by atoms with Crippen LogP contribution in [0.5, 0.6) is 11.5 Å². The number of hydrogen-bond acceptors (Lipinski definition) is 5. The van der Waals surface area contributed by atoms with Gasteiger partial charge in [0.05, 0.1) is 38.6 Å². The molecule has 0 saturated carbocycles. The van der Waals surface area contributed by atoms with Crippen LogP contribution in [0.4, 0.5) is 0 Å². The first-order chi connectivity index (χ1) is 13.1. The number of carbonyl (C=O) groups is 1. The lowest BCUT2D eigenvalue weighted by atomic mass is 9.92. The Balaban J connectivity index is 2.18. The molecular weight excluding hydrogens is 364 g/mol. The quantitative estimate of drug-likeness (QED) is 0.607. The lowest BCUT2D eigenvalue weighted by Crippen LogP contribution is -2.45. The molecule has 2 N–H and O–H groups in total. The van der Waals surface area contributed by atoms with Gasteiger partial charge in [0, 0.05) is 0 Å². The zero-order chi connectivity index (χ0) is 19.4. The van der Waals surface area contributed by atoms with Gasteiger partial charge in [0.25, 0.3) is 0 Å². The Morgan fingerprint density at radius 2 is 1.70 bits per heavy atom. The minimum atomic E-state index is -0.499. The predicted molar refractivity (Wildman–Crippen MR) is 107 cm³/mol. The second kappa shape index (κ2) is 8.09. The molecule has 2 aromatic rings. The van der Waals surface area contributed by atoms with Gasteiger partial charge < -0.3 is 24.8 Å². The van der Waals surface area contributed by atoms with E-state index in [0.29, 0.717) is 27.9 Å². The van der Waals surface area contributed by atoms with E-state index in [-0.39, 0.29) is 0 Å². The molecule has 0 saturated heterocycles. The third kappa shape index (κ3) is 3.73. The maximum atomic E-state index is 12.7. The summed E-state index contributed by atoms with van der Waals surface area (Å²) < 4.78 is 15.7. The molecule has 7 heteroatoms. The first kappa shape index (κ1) is 18.7. The van der Waals surface area contributed by atoms with Crippen molar-refractivity contribution in [1.29, 1.82) is 0 Å². The average molecular weight is 384 g/mol. The second-order valence-electron chi connectivity index (χ2n) is 5.79. The SMILES string of the molecule is COC(=O)C1=C(c2ccccc2)NC(=S)N[C@H]1c1ccc(OC)c(OC)c1. The first-order valence-electron chi connectivity index (χ1n) is 8.26. The van der Waals surface area contributed by atoms with Gasteiger partial charge in [-0.2, -0.15) is 0 Å². The number of rotatable bonds is 5. The van der Waals surface area contributed by atoms with Crippen LogP contribution in [-0.4, -0.2) is 32.4 Å². The van der Waals surface area contributed by atoms with Crippen molar-refractivity contribution in [2.24, 2.45) is 0 Å². The van der Waals surface area contributed by atoms with E-state index in [1.54, 1.807) is 20.3 Å². The van der Waals surface area contributed by atoms with Crippen LogP contribution in [0.15, 0.2) is 54.1 Å². The predicted octanol–water partition coefficient (Wildman–Crippen LogP) is 2.81. The summed E-state index contributed by atoms with van der Waals surface area (Å²) in [5.74, 6) is 0.715. The summed E-state index contributed by atoms with van der Waals surface area (Å²) in [5.41, 5.74) is 2.69. The highest BCUT2D eigenvalue weighted by molar-refractivity contribution is 7.80. The zero-order valence-electron chi connectivity index (χ0n) is 15.2. The molecule has 1 heterocycles. The van der Waals surface area contributed by atoms with Crippen LogP contribution >= 0.6 is 12.2 Å². The van der Waals surface area contributed by atoms with Crippen molar-refractivity contribution < 1.29 is 19.0 Å². The highest BCUT2D eigenvalue weighted by Gasteiger charge is 2.33. The topological polar surface area (TPSA) is 68.8 Å². The van der Waals surface area contributed by atoms with E-state index in [1.165, 1.54) is 7.11 Å². The number of ether oxygens (including phenoxy) is 3. The Labute approximate surface area is 163 Å². The Bertz CT molecular complexity index is 896. The molecule has 1 atom stereocenters. The number of nitrogens with one attached hydrogen (secondary N) is 2. The van der Waals surface area contributed by atoms with E-state index < -0.39 is 12.0 Å². The van der Waals surface area contributed by atoms with Gasteiger partial charge in [0.2, 0.25) is 0 Å². The second-order valence-corrected chi connectivity index (χ2v) is 6.20. The van der Waals surface area contributed by atoms with Crippen molar-refractivity contribution in [3.05, 3.63) is 65.2 Å². The summed E-state index contributed by atoms with van der Waals surface area (Å²) in [6.07, 6.45) is 0. The standard InChI is InChI=1S/C20H20N2O4S/c1-24-14-10-9-13(11-15(14)25-2)18-16(19(23)26-3)17(21-20(27)22-18)12-7-5-4-6-8-12/h4-11,18H,1-3H3,(H2,21,22,27)/t18-/m0/s1. The molecule has 3 rings (SSSR count). The maximum absolute atomic E-state index is 12.7. The molecule has 140 valence electrons. The van der Waals surface area contributed by atoms with E-state index in [9.17, 15) is 4.79 Å². The van der Waals surface area contributed by atoms with Crippen LogP contribution in [-0.2, 0) is 9.53 Å². The third-order valence-corrected chi connectivity index (χ3v) is 4.50. The van der Waals surface area contributed by atoms with Crippen LogP contribution < -0.4 is 20.1 Å². The average Bonchev–Trinajstić information content (AvgIpc) is 2.72. The van der Waals surface area contributed by atoms with Crippen molar-refractivity contribution >= 4 is 29.0 Å². The fraction of sp³-hybridized carbons (Fsp3) is 0.200. The normalized spacial score (nSPS) is 16.3. The summed E-state index contributed by atoms with van der Waals surface area (Å²) in [7, 11) is 4.49. The molecule has 0 radical (unpaired) electrons. The Morgan fingerprint density at radius 3 is 2.33 bits per heavy atom. The third-order valence-electron chi connectivity index (χ3n) is 4.28. The molecule has 6 nitrogen and oxygen atoms in total. The van der Waals surface area contributed by atoms with Crippen molar-refractivity contribution in [3.63, 3.8) is 0 Å². The smallest absolute Gasteiger partial charge is 0.338 e. The van der Waals surface area contributed by atoms with Gasteiger partial charge >= 0.3 is 5.97 Å². The van der Waals surface area contributed by atoms with Gasteiger partial charge in [-0.05, 0) is 35.5 Å². The number of methoxy groups -OCH3 is 3. The van der Waals surface area contributed by atoms with E-state index in [4.69, 9.17) is 26.4 Å². The monoisotopic (exact) mass is 384 g/mol. The summed E-state index contributed by atoms with van der Waals surface area (Å²) in [6.45, 7) is 0. The van der Waals surface area contributed by atoms with E-state index >= 15 is 0 Å². The molecular formula is C20H20N2O4S. The number of esters is 1. The largest absolute Gasteiger partial charge is 0.493 e. The fourth-order valence-corrected chi connectivity index (χ4v) is 3.23. The Kier molecular flexibility index (Phi) is 5.61. The van der Waals surface area contributed by atoms with Gasteiger partial charge in [-0.15, -0.1) is 0 Å². The lowest BCUT2D eigenvalue weighted by Gasteiger charge is -2.31. The number of hydrogen-bond donors (Lipinski definition) is 2. The lowest BCUT2D eigenvalue weighted by molar-refractivity contribution is -0.136. The van der Waals surface area contributed by atoms with Gasteiger partial charge in [-0.1, -0.05) is 36.4 Å². The van der Waals surface area contributed by atoms with Crippen molar-refractivity contribution in [1.82, 2.24) is 10.6 Å². The fourth-order valence-electron chi connectivity index (χ4n) is 3.01. The van der Waals surface area contributed by atoms with Crippen molar-refractivity contribution in [2.45, 2.75) is 6.04 Å². The number of benzene rings is 2. The van der Waals surface area contributed by atoms with E-state index in [1.807, 2.05) is 42.5 Å². The highest BCUT2D eigenvalue weighted by Crippen LogP contribution is 2.36. The molecule has 27 heavy (non-hydrogen) atoms. The molecule has 0 bridgehead atoms. The molecule has 1 aliphatic heterocycles. The highest BCUT2D eigenvalue weighted by atomic mass is 32.1. The van der Waals surface area contributed by atoms with Crippen molar-refractivity contribution in [2.75, 3.05) is 21.3 Å².